The summed E-state index contributed by atoms with van der Waals surface area (Å²) in [6.07, 6.45) is -1.49. The summed E-state index contributed by atoms with van der Waals surface area (Å²) in [5.41, 5.74) is 3.63. The molecule has 6 heteroatoms. The van der Waals surface area contributed by atoms with Gasteiger partial charge in [0.05, 0.1) is 4.88 Å². The van der Waals surface area contributed by atoms with Crippen molar-refractivity contribution in [1.82, 2.24) is 10.1 Å². The summed E-state index contributed by atoms with van der Waals surface area (Å²) >= 11 is 1.64. The number of aliphatic hydroxyl groups is 2. The van der Waals surface area contributed by atoms with E-state index in [-0.39, 0.29) is 0 Å². The number of hydrogen-bond acceptors (Lipinski definition) is 6. The van der Waals surface area contributed by atoms with Gasteiger partial charge in [-0.1, -0.05) is 41.6 Å². The Kier molecular flexibility index (Phi) is 3.88. The Labute approximate surface area is 148 Å². The van der Waals surface area contributed by atoms with Crippen molar-refractivity contribution >= 4 is 21.4 Å². The van der Waals surface area contributed by atoms with Gasteiger partial charge in [0, 0.05) is 15.8 Å². The molecule has 0 unspecified atom stereocenters. The van der Waals surface area contributed by atoms with Crippen LogP contribution in [0.1, 0.15) is 23.0 Å². The van der Waals surface area contributed by atoms with Gasteiger partial charge in [0.1, 0.15) is 0 Å². The number of rotatable bonds is 3. The predicted octanol–water partition coefficient (Wildman–Crippen LogP) is 4.22. The van der Waals surface area contributed by atoms with Crippen molar-refractivity contribution in [2.24, 2.45) is 0 Å². The number of fused-ring (bicyclic) bond motifs is 1. The molecular formula is C19H16N2O3S. The smallest absolute Gasteiger partial charge is 0.268 e. The van der Waals surface area contributed by atoms with Crippen LogP contribution in [-0.2, 0) is 0 Å². The van der Waals surface area contributed by atoms with E-state index in [1.165, 1.54) is 21.2 Å². The highest BCUT2D eigenvalue weighted by molar-refractivity contribution is 7.22. The second kappa shape index (κ2) is 6.07. The highest BCUT2D eigenvalue weighted by Gasteiger charge is 2.15. The number of thiophene rings is 1. The summed E-state index contributed by atoms with van der Waals surface area (Å²) in [6.45, 7) is 4.19. The Balaban J connectivity index is 1.72. The lowest BCUT2D eigenvalue weighted by molar-refractivity contribution is -0.0424. The summed E-state index contributed by atoms with van der Waals surface area (Å²) in [5, 5.41) is 23.6. The third-order valence-electron chi connectivity index (χ3n) is 4.20. The maximum Gasteiger partial charge on any atom is 0.268 e. The number of aliphatic hydroxyl groups excluding tert-OH is 1. The lowest BCUT2D eigenvalue weighted by atomic mass is 10.1. The fourth-order valence-electron chi connectivity index (χ4n) is 2.74. The number of hydrogen-bond donors (Lipinski definition) is 2. The molecular weight excluding hydrogens is 336 g/mol. The first kappa shape index (κ1) is 16.0. The zero-order valence-electron chi connectivity index (χ0n) is 13.7. The fraction of sp³-hybridized carbons (Fsp3) is 0.158. The molecule has 0 atom stereocenters. The molecule has 2 heterocycles. The van der Waals surface area contributed by atoms with Gasteiger partial charge in [-0.3, -0.25) is 0 Å². The van der Waals surface area contributed by atoms with E-state index in [0.29, 0.717) is 17.3 Å². The lowest BCUT2D eigenvalue weighted by Crippen LogP contribution is -1.94. The topological polar surface area (TPSA) is 79.4 Å². The van der Waals surface area contributed by atoms with E-state index in [0.717, 1.165) is 10.4 Å². The minimum absolute atomic E-state index is 0.419. The average Bonchev–Trinajstić information content (AvgIpc) is 3.26. The molecule has 5 nitrogen and oxygen atoms in total. The molecule has 25 heavy (non-hydrogen) atoms. The van der Waals surface area contributed by atoms with Crippen LogP contribution in [0.25, 0.3) is 32.2 Å². The molecule has 0 spiro atoms. The van der Waals surface area contributed by atoms with Crippen LogP contribution in [0.3, 0.4) is 0 Å². The van der Waals surface area contributed by atoms with Gasteiger partial charge < -0.3 is 14.7 Å². The highest BCUT2D eigenvalue weighted by atomic mass is 32.1. The van der Waals surface area contributed by atoms with Gasteiger partial charge in [0.2, 0.25) is 5.82 Å². The van der Waals surface area contributed by atoms with Crippen molar-refractivity contribution in [2.45, 2.75) is 20.1 Å². The Morgan fingerprint density at radius 3 is 2.40 bits per heavy atom. The van der Waals surface area contributed by atoms with Crippen LogP contribution in [-0.4, -0.2) is 20.4 Å². The molecule has 4 aromatic rings. The van der Waals surface area contributed by atoms with Gasteiger partial charge in [0.15, 0.2) is 6.29 Å². The molecule has 0 saturated heterocycles. The summed E-state index contributed by atoms with van der Waals surface area (Å²) in [5.74, 6) is 0.959. The third kappa shape index (κ3) is 2.84. The van der Waals surface area contributed by atoms with E-state index in [1.54, 1.807) is 35.6 Å². The molecule has 0 amide bonds. The Bertz CT molecular complexity index is 1010. The van der Waals surface area contributed by atoms with Crippen LogP contribution in [0.5, 0.6) is 0 Å². The van der Waals surface area contributed by atoms with E-state index in [4.69, 9.17) is 14.7 Å². The Hall–Kier alpha value is -2.54. The van der Waals surface area contributed by atoms with Crippen molar-refractivity contribution in [1.29, 1.82) is 0 Å². The Morgan fingerprint density at radius 1 is 1.00 bits per heavy atom. The minimum atomic E-state index is -1.49. The molecule has 0 aliphatic carbocycles. The molecule has 0 fully saturated rings. The van der Waals surface area contributed by atoms with Gasteiger partial charge in [-0.15, -0.1) is 11.3 Å². The minimum Gasteiger partial charge on any atom is -0.364 e. The molecule has 0 bridgehead atoms. The van der Waals surface area contributed by atoms with Crippen molar-refractivity contribution < 1.29 is 14.7 Å². The quantitative estimate of drug-likeness (QED) is 0.540. The summed E-state index contributed by atoms with van der Waals surface area (Å²) in [7, 11) is 0. The van der Waals surface area contributed by atoms with E-state index in [9.17, 15) is 0 Å². The number of nitrogens with zero attached hydrogens (tertiary/aromatic N) is 2. The molecule has 2 N–H and O–H groups in total. The van der Waals surface area contributed by atoms with Crippen LogP contribution in [0.4, 0.5) is 0 Å². The van der Waals surface area contributed by atoms with Gasteiger partial charge in [-0.05, 0) is 36.4 Å². The largest absolute Gasteiger partial charge is 0.364 e. The van der Waals surface area contributed by atoms with Crippen LogP contribution >= 0.6 is 11.3 Å². The van der Waals surface area contributed by atoms with Gasteiger partial charge >= 0.3 is 0 Å². The first-order chi connectivity index (χ1) is 12.0. The molecule has 0 aliphatic rings. The molecule has 0 aliphatic heterocycles. The first-order valence-electron chi connectivity index (χ1n) is 7.83. The maximum absolute atomic E-state index is 9.16. The van der Waals surface area contributed by atoms with Crippen LogP contribution in [0, 0.1) is 13.8 Å². The molecule has 0 radical (unpaired) electrons. The van der Waals surface area contributed by atoms with Crippen molar-refractivity contribution in [3.05, 3.63) is 59.2 Å². The molecule has 126 valence electrons. The monoisotopic (exact) mass is 352 g/mol. The summed E-state index contributed by atoms with van der Waals surface area (Å²) in [6, 6.07) is 13.1. The zero-order chi connectivity index (χ0) is 17.6. The van der Waals surface area contributed by atoms with Gasteiger partial charge in [-0.2, -0.15) is 4.98 Å². The molecule has 4 rings (SSSR count). The molecule has 2 aromatic carbocycles. The number of aryl methyl sites for hydroxylation is 2. The summed E-state index contributed by atoms with van der Waals surface area (Å²) < 4.78 is 6.68. The van der Waals surface area contributed by atoms with Gasteiger partial charge in [0.25, 0.3) is 5.89 Å². The average molecular weight is 352 g/mol. The second-order valence-corrected chi connectivity index (χ2v) is 7.02. The normalized spacial score (nSPS) is 11.6. The summed E-state index contributed by atoms with van der Waals surface area (Å²) in [4.78, 5) is 5.43. The Morgan fingerprint density at radius 2 is 1.72 bits per heavy atom. The first-order valence-corrected chi connectivity index (χ1v) is 8.65. The van der Waals surface area contributed by atoms with Crippen molar-refractivity contribution in [2.75, 3.05) is 0 Å². The maximum atomic E-state index is 9.16. The lowest BCUT2D eigenvalue weighted by Gasteiger charge is -2.02. The predicted molar refractivity (Wildman–Crippen MR) is 97.2 cm³/mol. The standard InChI is InChI=1S/C19H16N2O3S/c1-10-3-4-11(2)16-14(10)9-15(25-16)18-20-17(21-24-18)12-5-7-13(8-6-12)19(22)23/h3-9,19,22-23H,1-2H3. The third-order valence-corrected chi connectivity index (χ3v) is 5.46. The van der Waals surface area contributed by atoms with Gasteiger partial charge in [-0.25, -0.2) is 0 Å². The highest BCUT2D eigenvalue weighted by Crippen LogP contribution is 2.36. The number of benzene rings is 2. The number of aromatic nitrogens is 2. The van der Waals surface area contributed by atoms with E-state index < -0.39 is 6.29 Å². The van der Waals surface area contributed by atoms with E-state index in [1.807, 2.05) is 0 Å². The van der Waals surface area contributed by atoms with Crippen LogP contribution < -0.4 is 0 Å². The van der Waals surface area contributed by atoms with Crippen molar-refractivity contribution in [3.8, 4) is 22.2 Å². The fourth-order valence-corrected chi connectivity index (χ4v) is 3.87. The van der Waals surface area contributed by atoms with Crippen LogP contribution in [0.15, 0.2) is 47.0 Å². The van der Waals surface area contributed by atoms with E-state index >= 15 is 0 Å². The molecule has 2 aromatic heterocycles. The second-order valence-electron chi connectivity index (χ2n) is 5.97. The molecule has 0 saturated carbocycles. The zero-order valence-corrected chi connectivity index (χ0v) is 14.5. The van der Waals surface area contributed by atoms with Crippen molar-refractivity contribution in [3.63, 3.8) is 0 Å². The SMILES string of the molecule is Cc1ccc(C)c2sc(-c3nc(-c4ccc(C(O)O)cc4)no3)cc12. The van der Waals surface area contributed by atoms with E-state index in [2.05, 4.69) is 42.2 Å². The van der Waals surface area contributed by atoms with Crippen LogP contribution in [0.2, 0.25) is 0 Å².